The Morgan fingerprint density at radius 3 is 1.17 bits per heavy atom. The van der Waals surface area contributed by atoms with Crippen LogP contribution in [0.5, 0.6) is 0 Å². The fourth-order valence-electron chi connectivity index (χ4n) is 7.96. The summed E-state index contributed by atoms with van der Waals surface area (Å²) in [7, 11) is 0. The van der Waals surface area contributed by atoms with E-state index >= 15 is 0 Å². The molecule has 0 aliphatic heterocycles. The molecule has 0 atom stereocenters. The van der Waals surface area contributed by atoms with Crippen molar-refractivity contribution in [1.82, 2.24) is 0 Å². The standard InChI is InChI=1S/C54H39N3S/c1-6-19-42(20-7-1)55(43-21-8-2-9-22-43)47-35-33-40(34-36-47)41-37-51(54-50-31-16-17-32-52(50)58-53(54)38-41)57(46-27-14-5-15-28-46)49-30-18-29-48(39-49)56(44-23-10-3-11-24-44)45-25-12-4-13-26-45/h1-39H. The SMILES string of the molecule is c1ccc(N(c2ccccc2)c2ccc(-c3cc(N(c4ccccc4)c4cccc(N(c5ccccc5)c5ccccc5)c4)c4c(c3)sc3ccccc34)cc2)cc1. The lowest BCUT2D eigenvalue weighted by Crippen LogP contribution is -2.13. The van der Waals surface area contributed by atoms with Crippen molar-refractivity contribution in [3.05, 3.63) is 237 Å². The van der Waals surface area contributed by atoms with E-state index < -0.39 is 0 Å². The summed E-state index contributed by atoms with van der Waals surface area (Å²) in [5.41, 5.74) is 12.3. The molecular formula is C54H39N3S. The minimum atomic E-state index is 1.08. The van der Waals surface area contributed by atoms with Crippen LogP contribution in [-0.4, -0.2) is 0 Å². The predicted molar refractivity (Wildman–Crippen MR) is 249 cm³/mol. The molecule has 10 rings (SSSR count). The summed E-state index contributed by atoms with van der Waals surface area (Å²) < 4.78 is 2.52. The fourth-order valence-corrected chi connectivity index (χ4v) is 9.12. The van der Waals surface area contributed by atoms with E-state index in [1.165, 1.54) is 25.7 Å². The van der Waals surface area contributed by atoms with Crippen LogP contribution in [0.25, 0.3) is 31.3 Å². The zero-order valence-corrected chi connectivity index (χ0v) is 32.6. The number of anilines is 9. The maximum absolute atomic E-state index is 2.43. The van der Waals surface area contributed by atoms with Gasteiger partial charge in [0.1, 0.15) is 0 Å². The van der Waals surface area contributed by atoms with Crippen LogP contribution in [0.2, 0.25) is 0 Å². The van der Waals surface area contributed by atoms with Crippen LogP contribution >= 0.6 is 11.3 Å². The summed E-state index contributed by atoms with van der Waals surface area (Å²) in [5, 5.41) is 2.51. The van der Waals surface area contributed by atoms with Crippen LogP contribution < -0.4 is 14.7 Å². The van der Waals surface area contributed by atoms with Gasteiger partial charge < -0.3 is 14.7 Å². The fraction of sp³-hybridized carbons (Fsp3) is 0. The van der Waals surface area contributed by atoms with Crippen LogP contribution in [0.4, 0.5) is 51.2 Å². The van der Waals surface area contributed by atoms with E-state index in [-0.39, 0.29) is 0 Å². The summed E-state index contributed by atoms with van der Waals surface area (Å²) in [6, 6.07) is 84.6. The molecule has 0 aliphatic carbocycles. The normalized spacial score (nSPS) is 11.1. The number of benzene rings is 9. The molecule has 1 heterocycles. The average molecular weight is 762 g/mol. The smallest absolute Gasteiger partial charge is 0.0560 e. The molecule has 3 nitrogen and oxygen atoms in total. The van der Waals surface area contributed by atoms with Crippen LogP contribution in [-0.2, 0) is 0 Å². The van der Waals surface area contributed by atoms with Crippen LogP contribution in [0.15, 0.2) is 237 Å². The minimum Gasteiger partial charge on any atom is -0.311 e. The van der Waals surface area contributed by atoms with E-state index in [1.807, 2.05) is 11.3 Å². The maximum atomic E-state index is 2.43. The van der Waals surface area contributed by atoms with E-state index in [0.29, 0.717) is 0 Å². The number of nitrogens with zero attached hydrogens (tertiary/aromatic N) is 3. The summed E-state index contributed by atoms with van der Waals surface area (Å²) in [4.78, 5) is 7.07. The molecule has 0 N–H and O–H groups in total. The number of rotatable bonds is 10. The molecule has 9 aromatic carbocycles. The van der Waals surface area contributed by atoms with Gasteiger partial charge in [-0.3, -0.25) is 0 Å². The van der Waals surface area contributed by atoms with E-state index in [1.54, 1.807) is 0 Å². The van der Waals surface area contributed by atoms with Crippen LogP contribution in [0, 0.1) is 0 Å². The largest absolute Gasteiger partial charge is 0.311 e. The second kappa shape index (κ2) is 15.6. The summed E-state index contributed by atoms with van der Waals surface area (Å²) in [6.45, 7) is 0. The van der Waals surface area contributed by atoms with E-state index in [2.05, 4.69) is 251 Å². The minimum absolute atomic E-state index is 1.08. The van der Waals surface area contributed by atoms with Gasteiger partial charge in [-0.05, 0) is 120 Å². The van der Waals surface area contributed by atoms with Crippen LogP contribution in [0.1, 0.15) is 0 Å². The number of thiophene rings is 1. The summed E-state index contributed by atoms with van der Waals surface area (Å²) >= 11 is 1.85. The first-order chi connectivity index (χ1) is 28.8. The number of hydrogen-bond acceptors (Lipinski definition) is 4. The molecule has 58 heavy (non-hydrogen) atoms. The molecule has 0 saturated carbocycles. The lowest BCUT2D eigenvalue weighted by Gasteiger charge is -2.30. The Hall–Kier alpha value is -7.40. The Labute approximate surface area is 343 Å². The Kier molecular flexibility index (Phi) is 9.44. The first-order valence-electron chi connectivity index (χ1n) is 19.6. The zero-order valence-electron chi connectivity index (χ0n) is 31.8. The zero-order chi connectivity index (χ0) is 38.7. The van der Waals surface area contributed by atoms with Crippen molar-refractivity contribution in [2.75, 3.05) is 14.7 Å². The third-order valence-corrected chi connectivity index (χ3v) is 11.7. The third-order valence-electron chi connectivity index (χ3n) is 10.6. The topological polar surface area (TPSA) is 9.72 Å². The van der Waals surface area contributed by atoms with Crippen molar-refractivity contribution in [2.24, 2.45) is 0 Å². The Bertz CT molecular complexity index is 2850. The van der Waals surface area contributed by atoms with Gasteiger partial charge in [0, 0.05) is 65.7 Å². The first-order valence-corrected chi connectivity index (χ1v) is 20.4. The molecule has 0 fully saturated rings. The number of hydrogen-bond donors (Lipinski definition) is 0. The molecule has 0 bridgehead atoms. The first kappa shape index (κ1) is 35.0. The average Bonchev–Trinajstić information content (AvgIpc) is 3.68. The Balaban J connectivity index is 1.15. The highest BCUT2D eigenvalue weighted by molar-refractivity contribution is 7.26. The third kappa shape index (κ3) is 6.76. The maximum Gasteiger partial charge on any atom is 0.0560 e. The van der Waals surface area contributed by atoms with Crippen molar-refractivity contribution >= 4 is 82.7 Å². The van der Waals surface area contributed by atoms with Gasteiger partial charge in [0.25, 0.3) is 0 Å². The second-order valence-electron chi connectivity index (χ2n) is 14.2. The molecule has 0 radical (unpaired) electrons. The molecule has 276 valence electrons. The quantitative estimate of drug-likeness (QED) is 0.137. The molecule has 0 amide bonds. The van der Waals surface area contributed by atoms with Crippen molar-refractivity contribution in [3.63, 3.8) is 0 Å². The lowest BCUT2D eigenvalue weighted by atomic mass is 10.00. The van der Waals surface area contributed by atoms with Gasteiger partial charge >= 0.3 is 0 Å². The highest BCUT2D eigenvalue weighted by Crippen LogP contribution is 2.48. The highest BCUT2D eigenvalue weighted by atomic mass is 32.1. The number of para-hydroxylation sites is 5. The van der Waals surface area contributed by atoms with E-state index in [9.17, 15) is 0 Å². The van der Waals surface area contributed by atoms with Crippen molar-refractivity contribution in [2.45, 2.75) is 0 Å². The number of fused-ring (bicyclic) bond motifs is 3. The van der Waals surface area contributed by atoms with Crippen molar-refractivity contribution in [1.29, 1.82) is 0 Å². The molecule has 10 aromatic rings. The Morgan fingerprint density at radius 1 is 0.259 bits per heavy atom. The van der Waals surface area contributed by atoms with Gasteiger partial charge in [-0.25, -0.2) is 0 Å². The van der Waals surface area contributed by atoms with Crippen molar-refractivity contribution < 1.29 is 0 Å². The van der Waals surface area contributed by atoms with E-state index in [4.69, 9.17) is 0 Å². The van der Waals surface area contributed by atoms with Gasteiger partial charge in [-0.15, -0.1) is 11.3 Å². The van der Waals surface area contributed by atoms with E-state index in [0.717, 1.165) is 56.7 Å². The molecular weight excluding hydrogens is 723 g/mol. The van der Waals surface area contributed by atoms with Gasteiger partial charge in [0.2, 0.25) is 0 Å². The summed E-state index contributed by atoms with van der Waals surface area (Å²) in [6.07, 6.45) is 0. The molecule has 1 aromatic heterocycles. The molecule has 4 heteroatoms. The summed E-state index contributed by atoms with van der Waals surface area (Å²) in [5.74, 6) is 0. The molecule has 0 unspecified atom stereocenters. The monoisotopic (exact) mass is 761 g/mol. The van der Waals surface area contributed by atoms with Gasteiger partial charge in [0.15, 0.2) is 0 Å². The second-order valence-corrected chi connectivity index (χ2v) is 15.3. The van der Waals surface area contributed by atoms with Crippen molar-refractivity contribution in [3.8, 4) is 11.1 Å². The predicted octanol–water partition coefficient (Wildman–Crippen LogP) is 16.1. The molecule has 0 spiro atoms. The molecule has 0 saturated heterocycles. The van der Waals surface area contributed by atoms with Gasteiger partial charge in [-0.2, -0.15) is 0 Å². The lowest BCUT2D eigenvalue weighted by molar-refractivity contribution is 1.26. The highest BCUT2D eigenvalue weighted by Gasteiger charge is 2.22. The molecule has 0 aliphatic rings. The van der Waals surface area contributed by atoms with Gasteiger partial charge in [0.05, 0.1) is 5.69 Å². The Morgan fingerprint density at radius 2 is 0.655 bits per heavy atom. The van der Waals surface area contributed by atoms with Crippen LogP contribution in [0.3, 0.4) is 0 Å². The van der Waals surface area contributed by atoms with Gasteiger partial charge in [-0.1, -0.05) is 127 Å².